The summed E-state index contributed by atoms with van der Waals surface area (Å²) in [4.78, 5) is 0. The average Bonchev–Trinajstić information content (AvgIpc) is 2.64. The molecule has 114 valence electrons. The Morgan fingerprint density at radius 2 is 1.29 bits per heavy atom. The molecule has 0 aromatic heterocycles. The van der Waals surface area contributed by atoms with Crippen LogP contribution in [0.15, 0.2) is 54.6 Å². The van der Waals surface area contributed by atoms with Crippen molar-refractivity contribution in [1.29, 1.82) is 5.26 Å². The Morgan fingerprint density at radius 3 is 1.75 bits per heavy atom. The van der Waals surface area contributed by atoms with E-state index < -0.39 is 0 Å². The molecular formula is C21H12INO. The van der Waals surface area contributed by atoms with Crippen LogP contribution in [0.25, 0.3) is 0 Å². The van der Waals surface area contributed by atoms with Crippen molar-refractivity contribution in [1.82, 2.24) is 0 Å². The van der Waals surface area contributed by atoms with Gasteiger partial charge in [0.15, 0.2) is 0 Å². The van der Waals surface area contributed by atoms with Gasteiger partial charge in [-0.05, 0) is 56.5 Å². The van der Waals surface area contributed by atoms with E-state index in [0.29, 0.717) is 11.3 Å². The highest BCUT2D eigenvalue weighted by atomic mass is 127. The second-order valence-electron chi connectivity index (χ2n) is 6.32. The SMILES string of the molecule is N#Cc1cc(I)c(O)c2c1C1c3ccccc3C2c2ccccc21. The minimum absolute atomic E-state index is 0.000726. The van der Waals surface area contributed by atoms with Crippen molar-refractivity contribution >= 4 is 22.6 Å². The van der Waals surface area contributed by atoms with E-state index in [1.54, 1.807) is 6.07 Å². The van der Waals surface area contributed by atoms with Crippen molar-refractivity contribution in [2.45, 2.75) is 11.8 Å². The van der Waals surface area contributed by atoms with Gasteiger partial charge in [0.25, 0.3) is 0 Å². The molecule has 1 N–H and O–H groups in total. The molecule has 3 heteroatoms. The van der Waals surface area contributed by atoms with Crippen LogP contribution in [0.4, 0.5) is 0 Å². The first-order valence-corrected chi connectivity index (χ1v) is 8.93. The van der Waals surface area contributed by atoms with E-state index in [9.17, 15) is 10.4 Å². The topological polar surface area (TPSA) is 44.0 Å². The number of hydrogen-bond donors (Lipinski definition) is 1. The summed E-state index contributed by atoms with van der Waals surface area (Å²) in [5.74, 6) is 0.345. The van der Waals surface area contributed by atoms with Crippen LogP contribution in [0.5, 0.6) is 5.75 Å². The van der Waals surface area contributed by atoms with Crippen LogP contribution in [0.1, 0.15) is 50.8 Å². The number of halogens is 1. The van der Waals surface area contributed by atoms with E-state index in [4.69, 9.17) is 0 Å². The molecule has 3 aliphatic carbocycles. The van der Waals surface area contributed by atoms with Gasteiger partial charge < -0.3 is 5.11 Å². The summed E-state index contributed by atoms with van der Waals surface area (Å²) >= 11 is 2.12. The molecule has 3 aliphatic rings. The van der Waals surface area contributed by atoms with Crippen molar-refractivity contribution < 1.29 is 5.11 Å². The largest absolute Gasteiger partial charge is 0.507 e. The molecule has 3 aromatic carbocycles. The molecule has 0 saturated carbocycles. The fourth-order valence-corrected chi connectivity index (χ4v) is 5.00. The third kappa shape index (κ3) is 1.59. The highest BCUT2D eigenvalue weighted by Gasteiger charge is 2.44. The molecule has 0 fully saturated rings. The van der Waals surface area contributed by atoms with Gasteiger partial charge in [-0.3, -0.25) is 0 Å². The highest BCUT2D eigenvalue weighted by Crippen LogP contribution is 2.58. The second-order valence-corrected chi connectivity index (χ2v) is 7.48. The molecule has 0 unspecified atom stereocenters. The molecule has 3 aromatic rings. The molecule has 2 nitrogen and oxygen atoms in total. The monoisotopic (exact) mass is 421 g/mol. The van der Waals surface area contributed by atoms with Crippen LogP contribution in [-0.4, -0.2) is 5.11 Å². The molecule has 0 amide bonds. The lowest BCUT2D eigenvalue weighted by Crippen LogP contribution is -2.28. The van der Waals surface area contributed by atoms with Gasteiger partial charge in [-0.2, -0.15) is 5.26 Å². The number of phenolic OH excluding ortho intramolecular Hbond substituents is 1. The van der Waals surface area contributed by atoms with Crippen LogP contribution >= 0.6 is 22.6 Å². The lowest BCUT2D eigenvalue weighted by molar-refractivity contribution is 0.458. The Morgan fingerprint density at radius 1 is 0.833 bits per heavy atom. The summed E-state index contributed by atoms with van der Waals surface area (Å²) in [6, 6.07) is 21.0. The summed E-state index contributed by atoms with van der Waals surface area (Å²) in [7, 11) is 0. The van der Waals surface area contributed by atoms with Crippen LogP contribution < -0.4 is 0 Å². The molecular weight excluding hydrogens is 409 g/mol. The molecule has 0 aliphatic heterocycles. The first-order valence-electron chi connectivity index (χ1n) is 7.85. The standard InChI is InChI=1S/C21H12INO/c22-16-9-11(10-23)17-18-12-5-1-3-7-14(12)19(20(17)21(16)24)15-8-4-2-6-13(15)18/h1-9,18-19,24H. The number of nitrogens with zero attached hydrogens (tertiary/aromatic N) is 1. The Kier molecular flexibility index (Phi) is 2.84. The van der Waals surface area contributed by atoms with Crippen molar-refractivity contribution in [3.05, 3.63) is 97.1 Å². The predicted octanol–water partition coefficient (Wildman–Crippen LogP) is 4.86. The summed E-state index contributed by atoms with van der Waals surface area (Å²) in [5, 5.41) is 20.5. The molecule has 0 heterocycles. The zero-order valence-electron chi connectivity index (χ0n) is 12.6. The van der Waals surface area contributed by atoms with E-state index >= 15 is 0 Å². The van der Waals surface area contributed by atoms with Crippen LogP contribution in [0, 0.1) is 14.9 Å². The maximum Gasteiger partial charge on any atom is 0.133 e. The average molecular weight is 421 g/mol. The van der Waals surface area contributed by atoms with Crippen molar-refractivity contribution in [2.24, 2.45) is 0 Å². The summed E-state index contributed by atoms with van der Waals surface area (Å²) in [5.41, 5.74) is 7.58. The van der Waals surface area contributed by atoms with Gasteiger partial charge in [0, 0.05) is 17.4 Å². The first kappa shape index (κ1) is 14.1. The number of hydrogen-bond acceptors (Lipinski definition) is 2. The third-order valence-corrected chi connectivity index (χ3v) is 6.09. The Labute approximate surface area is 153 Å². The lowest BCUT2D eigenvalue weighted by atomic mass is 9.60. The first-order chi connectivity index (χ1) is 11.7. The zero-order valence-corrected chi connectivity index (χ0v) is 14.8. The lowest BCUT2D eigenvalue weighted by Gasteiger charge is -2.42. The smallest absolute Gasteiger partial charge is 0.133 e. The van der Waals surface area contributed by atoms with Gasteiger partial charge in [-0.25, -0.2) is 0 Å². The van der Waals surface area contributed by atoms with Gasteiger partial charge >= 0.3 is 0 Å². The number of nitriles is 1. The minimum Gasteiger partial charge on any atom is -0.507 e. The van der Waals surface area contributed by atoms with E-state index in [1.165, 1.54) is 22.3 Å². The third-order valence-electron chi connectivity index (χ3n) is 5.27. The van der Waals surface area contributed by atoms with Gasteiger partial charge in [-0.1, -0.05) is 48.5 Å². The quantitative estimate of drug-likeness (QED) is 0.363. The fraction of sp³-hybridized carbons (Fsp3) is 0.0952. The van der Waals surface area contributed by atoms with Crippen molar-refractivity contribution in [2.75, 3.05) is 0 Å². The predicted molar refractivity (Wildman–Crippen MR) is 100 cm³/mol. The molecule has 0 atom stereocenters. The van der Waals surface area contributed by atoms with Crippen molar-refractivity contribution in [3.63, 3.8) is 0 Å². The van der Waals surface area contributed by atoms with Crippen molar-refractivity contribution in [3.8, 4) is 11.8 Å². The number of benzene rings is 3. The van der Waals surface area contributed by atoms with Gasteiger partial charge in [-0.15, -0.1) is 0 Å². The van der Waals surface area contributed by atoms with Crippen LogP contribution in [0.3, 0.4) is 0 Å². The molecule has 6 rings (SSSR count). The summed E-state index contributed by atoms with van der Waals surface area (Å²) in [6.45, 7) is 0. The maximum atomic E-state index is 10.8. The van der Waals surface area contributed by atoms with E-state index in [0.717, 1.165) is 14.7 Å². The molecule has 0 spiro atoms. The Bertz CT molecular complexity index is 1020. The molecule has 2 bridgehead atoms. The van der Waals surface area contributed by atoms with Gasteiger partial charge in [0.2, 0.25) is 0 Å². The van der Waals surface area contributed by atoms with Gasteiger partial charge in [0.05, 0.1) is 15.2 Å². The molecule has 24 heavy (non-hydrogen) atoms. The molecule has 0 radical (unpaired) electrons. The van der Waals surface area contributed by atoms with E-state index in [2.05, 4.69) is 77.2 Å². The van der Waals surface area contributed by atoms with Crippen LogP contribution in [0.2, 0.25) is 0 Å². The Balaban J connectivity index is 1.98. The molecule has 0 saturated heterocycles. The Hall–Kier alpha value is -2.32. The minimum atomic E-state index is -0.000726. The summed E-state index contributed by atoms with van der Waals surface area (Å²) < 4.78 is 0.741. The van der Waals surface area contributed by atoms with E-state index in [-0.39, 0.29) is 11.8 Å². The number of aromatic hydroxyl groups is 1. The van der Waals surface area contributed by atoms with Crippen LogP contribution in [-0.2, 0) is 0 Å². The number of phenols is 1. The van der Waals surface area contributed by atoms with E-state index in [1.807, 2.05) is 0 Å². The highest BCUT2D eigenvalue weighted by molar-refractivity contribution is 14.1. The second kappa shape index (κ2) is 4.84. The normalized spacial score (nSPS) is 19.2. The maximum absolute atomic E-state index is 10.8. The number of rotatable bonds is 0. The fourth-order valence-electron chi connectivity index (χ4n) is 4.40. The zero-order chi connectivity index (χ0) is 16.4. The van der Waals surface area contributed by atoms with Gasteiger partial charge in [0.1, 0.15) is 5.75 Å². The summed E-state index contributed by atoms with van der Waals surface area (Å²) in [6.07, 6.45) is 0.